The van der Waals surface area contributed by atoms with Crippen LogP contribution in [0, 0.1) is 0 Å². The topological polar surface area (TPSA) is 26.3 Å². The second-order valence-corrected chi connectivity index (χ2v) is 11.1. The maximum atomic E-state index is 10.8. The zero-order chi connectivity index (χ0) is 10.3. The Hall–Kier alpha value is 0.00688. The molecule has 0 aromatic rings. The maximum absolute atomic E-state index is 10.8. The van der Waals surface area contributed by atoms with Gasteiger partial charge in [-0.1, -0.05) is 6.08 Å². The van der Waals surface area contributed by atoms with Gasteiger partial charge in [-0.15, -0.1) is 22.2 Å². The van der Waals surface area contributed by atoms with E-state index in [-0.39, 0.29) is 5.97 Å². The lowest BCUT2D eigenvalue weighted by Gasteiger charge is -2.08. The largest absolute Gasteiger partial charge is 0.463 e. The summed E-state index contributed by atoms with van der Waals surface area (Å²) in [5, 5.41) is 0. The molecule has 0 atom stereocenters. The Morgan fingerprint density at radius 2 is 2.15 bits per heavy atom. The molecular weight excluding hydrogens is 227 g/mol. The second kappa shape index (κ2) is 6.46. The molecule has 0 spiro atoms. The van der Waals surface area contributed by atoms with Gasteiger partial charge in [-0.25, -0.2) is 4.79 Å². The van der Waals surface area contributed by atoms with Gasteiger partial charge in [0.25, 0.3) is 0 Å². The van der Waals surface area contributed by atoms with Crippen LogP contribution < -0.4 is 0 Å². The van der Waals surface area contributed by atoms with Gasteiger partial charge in [0, 0.05) is 6.08 Å². The normalized spacial score (nSPS) is 12.0. The van der Waals surface area contributed by atoms with Gasteiger partial charge in [0.15, 0.2) is 0 Å². The molecule has 0 saturated carbocycles. The quantitative estimate of drug-likeness (QED) is 0.243. The van der Waals surface area contributed by atoms with Crippen LogP contribution in [-0.4, -0.2) is 19.3 Å². The van der Waals surface area contributed by atoms with E-state index < -0.39 is 6.69 Å². The molecule has 0 rings (SSSR count). The van der Waals surface area contributed by atoms with Crippen LogP contribution in [0.5, 0.6) is 0 Å². The van der Waals surface area contributed by atoms with E-state index in [4.69, 9.17) is 26.9 Å². The summed E-state index contributed by atoms with van der Waals surface area (Å²) in [5.41, 5.74) is 0. The molecule has 0 amide bonds. The van der Waals surface area contributed by atoms with Crippen molar-refractivity contribution in [1.29, 1.82) is 0 Å². The number of carbonyl (C=O) groups excluding carboxylic acids is 1. The van der Waals surface area contributed by atoms with Gasteiger partial charge >= 0.3 is 5.97 Å². The zero-order valence-corrected chi connectivity index (χ0v) is 10.4. The summed E-state index contributed by atoms with van der Waals surface area (Å²) in [5.74, 6) is -0.310. The average molecular weight is 241 g/mol. The number of carbonyl (C=O) groups is 1. The van der Waals surface area contributed by atoms with Crippen LogP contribution in [0.1, 0.15) is 13.3 Å². The Balaban J connectivity index is 3.41. The molecule has 0 radical (unpaired) electrons. The number of halogens is 2. The van der Waals surface area contributed by atoms with Gasteiger partial charge in [0.1, 0.15) is 0 Å². The summed E-state index contributed by atoms with van der Waals surface area (Å²) in [7, 11) is 0. The van der Waals surface area contributed by atoms with E-state index in [0.717, 1.165) is 12.5 Å². The van der Waals surface area contributed by atoms with Gasteiger partial charge in [-0.3, -0.25) is 0 Å². The molecule has 0 saturated heterocycles. The van der Waals surface area contributed by atoms with E-state index in [9.17, 15) is 4.79 Å². The summed E-state index contributed by atoms with van der Waals surface area (Å²) in [6.07, 6.45) is 3.77. The minimum Gasteiger partial charge on any atom is -0.463 e. The second-order valence-electron chi connectivity index (χ2n) is 2.84. The molecule has 0 heterocycles. The molecule has 76 valence electrons. The monoisotopic (exact) mass is 240 g/mol. The zero-order valence-electron chi connectivity index (χ0n) is 7.85. The van der Waals surface area contributed by atoms with E-state index in [2.05, 4.69) is 0 Å². The smallest absolute Gasteiger partial charge is 0.330 e. The van der Waals surface area contributed by atoms with Crippen LogP contribution in [0.25, 0.3) is 0 Å². The van der Waals surface area contributed by atoms with Crippen LogP contribution in [0.15, 0.2) is 12.2 Å². The first kappa shape index (κ1) is 13.0. The third kappa shape index (κ3) is 9.92. The van der Waals surface area contributed by atoms with Crippen LogP contribution in [0.3, 0.4) is 0 Å². The molecule has 13 heavy (non-hydrogen) atoms. The van der Waals surface area contributed by atoms with Crippen LogP contribution in [0.2, 0.25) is 12.6 Å². The molecule has 0 aliphatic rings. The Bertz CT molecular complexity index is 187. The van der Waals surface area contributed by atoms with Crippen LogP contribution in [0.4, 0.5) is 0 Å². The molecule has 0 fully saturated rings. The highest BCUT2D eigenvalue weighted by Gasteiger charge is 2.19. The first-order valence-electron chi connectivity index (χ1n) is 4.13. The van der Waals surface area contributed by atoms with Crippen molar-refractivity contribution in [3.8, 4) is 0 Å². The van der Waals surface area contributed by atoms with E-state index in [1.165, 1.54) is 6.08 Å². The molecule has 0 aromatic carbocycles. The molecule has 0 unspecified atom stereocenters. The van der Waals surface area contributed by atoms with Crippen molar-refractivity contribution in [3.05, 3.63) is 12.2 Å². The lowest BCUT2D eigenvalue weighted by molar-refractivity contribution is -0.137. The molecule has 2 nitrogen and oxygen atoms in total. The number of hydrogen-bond acceptors (Lipinski definition) is 2. The number of ether oxygens (including phenoxy) is 1. The summed E-state index contributed by atoms with van der Waals surface area (Å²) in [6, 6.07) is 0.749. The van der Waals surface area contributed by atoms with Crippen molar-refractivity contribution in [2.75, 3.05) is 6.61 Å². The van der Waals surface area contributed by atoms with Gasteiger partial charge in [0.2, 0.25) is 6.69 Å². The SMILES string of the molecule is CC=CC(=O)OCCC[Si](C)(Cl)Cl. The molecule has 0 N–H and O–H groups in total. The highest BCUT2D eigenvalue weighted by Crippen LogP contribution is 2.21. The van der Waals surface area contributed by atoms with Gasteiger partial charge in [-0.2, -0.15) is 0 Å². The van der Waals surface area contributed by atoms with Gasteiger partial charge in [0.05, 0.1) is 6.61 Å². The summed E-state index contributed by atoms with van der Waals surface area (Å²) in [4.78, 5) is 10.8. The van der Waals surface area contributed by atoms with E-state index in [1.54, 1.807) is 13.0 Å². The Kier molecular flexibility index (Phi) is 6.46. The fraction of sp³-hybridized carbons (Fsp3) is 0.625. The first-order chi connectivity index (χ1) is 5.95. The van der Waals surface area contributed by atoms with Gasteiger partial charge < -0.3 is 4.74 Å². The number of hydrogen-bond donors (Lipinski definition) is 0. The van der Waals surface area contributed by atoms with E-state index in [0.29, 0.717) is 6.61 Å². The molecule has 0 aliphatic carbocycles. The van der Waals surface area contributed by atoms with Crippen molar-refractivity contribution < 1.29 is 9.53 Å². The van der Waals surface area contributed by atoms with E-state index >= 15 is 0 Å². The van der Waals surface area contributed by atoms with Crippen LogP contribution in [-0.2, 0) is 9.53 Å². The molecule has 0 aromatic heterocycles. The lowest BCUT2D eigenvalue weighted by Crippen LogP contribution is -2.13. The van der Waals surface area contributed by atoms with Crippen molar-refractivity contribution in [1.82, 2.24) is 0 Å². The molecule has 0 bridgehead atoms. The predicted molar refractivity (Wildman–Crippen MR) is 58.5 cm³/mol. The first-order valence-corrected chi connectivity index (χ1v) is 8.86. The highest BCUT2D eigenvalue weighted by atomic mass is 35.7. The minimum atomic E-state index is -2.01. The third-order valence-corrected chi connectivity index (χ3v) is 3.67. The van der Waals surface area contributed by atoms with Crippen molar-refractivity contribution in [3.63, 3.8) is 0 Å². The number of allylic oxidation sites excluding steroid dienone is 1. The third-order valence-electron chi connectivity index (χ3n) is 1.31. The average Bonchev–Trinajstić information content (AvgIpc) is 1.97. The van der Waals surface area contributed by atoms with Crippen molar-refractivity contribution in [2.24, 2.45) is 0 Å². The molecular formula is C8H14Cl2O2Si. The summed E-state index contributed by atoms with van der Waals surface area (Å²) >= 11 is 11.7. The molecule has 5 heteroatoms. The highest BCUT2D eigenvalue weighted by molar-refractivity contribution is 7.44. The standard InChI is InChI=1S/C8H14Cl2O2Si/c1-3-5-8(11)12-6-4-7-13(2,9)10/h3,5H,4,6-7H2,1-2H3. The van der Waals surface area contributed by atoms with Gasteiger partial charge in [-0.05, 0) is 25.9 Å². The number of esters is 1. The van der Waals surface area contributed by atoms with E-state index in [1.807, 2.05) is 6.55 Å². The number of rotatable bonds is 5. The lowest BCUT2D eigenvalue weighted by atomic mass is 10.5. The van der Waals surface area contributed by atoms with Crippen LogP contribution >= 0.6 is 22.2 Å². The Morgan fingerprint density at radius 3 is 2.62 bits per heavy atom. The summed E-state index contributed by atoms with van der Waals surface area (Å²) in [6.45, 7) is 2.00. The summed E-state index contributed by atoms with van der Waals surface area (Å²) < 4.78 is 4.86. The maximum Gasteiger partial charge on any atom is 0.330 e. The van der Waals surface area contributed by atoms with Crippen molar-refractivity contribution >= 4 is 34.8 Å². The predicted octanol–water partition coefficient (Wildman–Crippen LogP) is 3.05. The molecule has 0 aliphatic heterocycles. The Morgan fingerprint density at radius 1 is 1.54 bits per heavy atom. The fourth-order valence-electron chi connectivity index (χ4n) is 0.740. The Labute approximate surface area is 89.3 Å². The van der Waals surface area contributed by atoms with Crippen molar-refractivity contribution in [2.45, 2.75) is 25.9 Å². The minimum absolute atomic E-state index is 0.310. The fourth-order valence-corrected chi connectivity index (χ4v) is 2.31.